The van der Waals surface area contributed by atoms with Gasteiger partial charge in [0.05, 0.1) is 21.3 Å². The Morgan fingerprint density at radius 2 is 1.62 bits per heavy atom. The van der Waals surface area contributed by atoms with Gasteiger partial charge >= 0.3 is 17.9 Å². The number of ether oxygens (including phenoxy) is 3. The molecule has 0 saturated carbocycles. The smallest absolute Gasteiger partial charge is 0.341 e. The Balaban J connectivity index is 3.15. The van der Waals surface area contributed by atoms with Crippen LogP contribution in [-0.4, -0.2) is 57.3 Å². The Labute approximate surface area is 121 Å². The highest BCUT2D eigenvalue weighted by Gasteiger charge is 2.23. The van der Waals surface area contributed by atoms with Gasteiger partial charge in [-0.2, -0.15) is 0 Å². The van der Waals surface area contributed by atoms with Crippen LogP contribution in [0.3, 0.4) is 0 Å². The van der Waals surface area contributed by atoms with Gasteiger partial charge in [0.2, 0.25) is 0 Å². The van der Waals surface area contributed by atoms with Crippen molar-refractivity contribution >= 4 is 23.7 Å². The number of nitrogens with zero attached hydrogens (tertiary/aromatic N) is 2. The fourth-order valence-electron chi connectivity index (χ4n) is 1.56. The quantitative estimate of drug-likeness (QED) is 0.535. The molecular formula is C13H16N2O6. The number of carbonyl (C=O) groups excluding carboxylic acids is 3. The monoisotopic (exact) mass is 296 g/mol. The highest BCUT2D eigenvalue weighted by molar-refractivity contribution is 5.96. The van der Waals surface area contributed by atoms with E-state index in [0.717, 1.165) is 0 Å². The summed E-state index contributed by atoms with van der Waals surface area (Å²) < 4.78 is 13.8. The lowest BCUT2D eigenvalue weighted by Gasteiger charge is -2.22. The van der Waals surface area contributed by atoms with E-state index in [2.05, 4.69) is 19.2 Å². The van der Waals surface area contributed by atoms with Crippen LogP contribution in [0.5, 0.6) is 0 Å². The van der Waals surface area contributed by atoms with E-state index >= 15 is 0 Å². The van der Waals surface area contributed by atoms with Crippen LogP contribution in [0.2, 0.25) is 0 Å². The van der Waals surface area contributed by atoms with E-state index in [4.69, 9.17) is 0 Å². The molecule has 0 N–H and O–H groups in total. The Bertz CT molecular complexity index is 513. The molecule has 0 aromatic carbocycles. The predicted molar refractivity (Wildman–Crippen MR) is 71.8 cm³/mol. The molecule has 0 aliphatic rings. The minimum Gasteiger partial charge on any atom is -0.468 e. The van der Waals surface area contributed by atoms with Crippen LogP contribution in [0.15, 0.2) is 18.3 Å². The maximum atomic E-state index is 11.7. The van der Waals surface area contributed by atoms with Crippen molar-refractivity contribution < 1.29 is 28.6 Å². The summed E-state index contributed by atoms with van der Waals surface area (Å²) in [5.74, 6) is -1.65. The minimum absolute atomic E-state index is 0.132. The van der Waals surface area contributed by atoms with E-state index in [-0.39, 0.29) is 24.5 Å². The summed E-state index contributed by atoms with van der Waals surface area (Å²) in [6, 6.07) is 3.03. The van der Waals surface area contributed by atoms with Crippen LogP contribution >= 0.6 is 0 Å². The molecule has 0 fully saturated rings. The molecule has 21 heavy (non-hydrogen) atoms. The lowest BCUT2D eigenvalue weighted by molar-refractivity contribution is -0.140. The summed E-state index contributed by atoms with van der Waals surface area (Å²) >= 11 is 0. The van der Waals surface area contributed by atoms with E-state index in [1.165, 1.54) is 38.5 Å². The summed E-state index contributed by atoms with van der Waals surface area (Å²) in [5.41, 5.74) is 0.132. The number of aromatic nitrogens is 1. The number of pyridine rings is 1. The van der Waals surface area contributed by atoms with Crippen LogP contribution < -0.4 is 4.90 Å². The van der Waals surface area contributed by atoms with Crippen molar-refractivity contribution in [3.8, 4) is 0 Å². The zero-order valence-electron chi connectivity index (χ0n) is 12.0. The zero-order chi connectivity index (χ0) is 15.8. The number of carbonyl (C=O) groups is 3. The van der Waals surface area contributed by atoms with Crippen LogP contribution in [0, 0.1) is 0 Å². The second kappa shape index (κ2) is 7.83. The van der Waals surface area contributed by atoms with Crippen molar-refractivity contribution in [3.63, 3.8) is 0 Å². The number of hydrogen-bond acceptors (Lipinski definition) is 8. The van der Waals surface area contributed by atoms with Gasteiger partial charge in [-0.05, 0) is 12.1 Å². The first kappa shape index (κ1) is 16.4. The van der Waals surface area contributed by atoms with Gasteiger partial charge in [-0.1, -0.05) is 0 Å². The number of hydrogen-bond donors (Lipinski definition) is 0. The van der Waals surface area contributed by atoms with Gasteiger partial charge in [-0.15, -0.1) is 0 Å². The lowest BCUT2D eigenvalue weighted by Crippen LogP contribution is -2.37. The second-order valence-electron chi connectivity index (χ2n) is 3.87. The summed E-state index contributed by atoms with van der Waals surface area (Å²) in [7, 11) is 3.67. The van der Waals surface area contributed by atoms with Crippen LogP contribution in [-0.2, 0) is 23.8 Å². The number of anilines is 1. The first-order chi connectivity index (χ1) is 10.0. The molecule has 0 radical (unpaired) electrons. The molecule has 1 aromatic rings. The Morgan fingerprint density at radius 1 is 1.05 bits per heavy atom. The lowest BCUT2D eigenvalue weighted by atomic mass is 10.2. The van der Waals surface area contributed by atoms with Crippen molar-refractivity contribution in [3.05, 3.63) is 23.9 Å². The van der Waals surface area contributed by atoms with Crippen molar-refractivity contribution in [1.29, 1.82) is 0 Å². The maximum Gasteiger partial charge on any atom is 0.341 e. The average molecular weight is 296 g/mol. The standard InChI is InChI=1S/C13H16N2O6/c1-19-10(16)7-15(8-11(17)20-2)12-9(13(18)21-3)5-4-6-14-12/h4-6H,7-8H2,1-3H3. The average Bonchev–Trinajstić information content (AvgIpc) is 2.52. The van der Waals surface area contributed by atoms with E-state index in [1.54, 1.807) is 6.07 Å². The third kappa shape index (κ3) is 4.44. The van der Waals surface area contributed by atoms with E-state index < -0.39 is 17.9 Å². The van der Waals surface area contributed by atoms with Gasteiger partial charge in [-0.25, -0.2) is 9.78 Å². The van der Waals surface area contributed by atoms with Crippen molar-refractivity contribution in [1.82, 2.24) is 4.98 Å². The third-order valence-corrected chi connectivity index (χ3v) is 2.59. The molecule has 0 aliphatic carbocycles. The molecule has 8 nitrogen and oxygen atoms in total. The Hall–Kier alpha value is -2.64. The predicted octanol–water partition coefficient (Wildman–Crippen LogP) is 0.0206. The van der Waals surface area contributed by atoms with Crippen LogP contribution in [0.4, 0.5) is 5.82 Å². The molecule has 0 bridgehead atoms. The molecule has 1 rings (SSSR count). The third-order valence-electron chi connectivity index (χ3n) is 2.59. The van der Waals surface area contributed by atoms with Crippen molar-refractivity contribution in [2.24, 2.45) is 0 Å². The van der Waals surface area contributed by atoms with Gasteiger partial charge in [-0.3, -0.25) is 9.59 Å². The fourth-order valence-corrected chi connectivity index (χ4v) is 1.56. The molecule has 8 heteroatoms. The summed E-state index contributed by atoms with van der Waals surface area (Å²) in [6.07, 6.45) is 1.43. The van der Waals surface area contributed by atoms with Crippen molar-refractivity contribution in [2.75, 3.05) is 39.3 Å². The van der Waals surface area contributed by atoms with Crippen LogP contribution in [0.25, 0.3) is 0 Å². The molecule has 0 spiro atoms. The molecule has 114 valence electrons. The Kier molecular flexibility index (Phi) is 6.12. The molecular weight excluding hydrogens is 280 g/mol. The van der Waals surface area contributed by atoms with E-state index in [0.29, 0.717) is 0 Å². The molecule has 1 heterocycles. The Morgan fingerprint density at radius 3 is 2.10 bits per heavy atom. The molecule has 1 aromatic heterocycles. The van der Waals surface area contributed by atoms with Gasteiger partial charge in [0.1, 0.15) is 24.5 Å². The minimum atomic E-state index is -0.627. The molecule has 0 aliphatic heterocycles. The second-order valence-corrected chi connectivity index (χ2v) is 3.87. The number of methoxy groups -OCH3 is 3. The van der Waals surface area contributed by atoms with Crippen LogP contribution in [0.1, 0.15) is 10.4 Å². The fraction of sp³-hybridized carbons (Fsp3) is 0.385. The highest BCUT2D eigenvalue weighted by Crippen LogP contribution is 2.18. The molecule has 0 saturated heterocycles. The van der Waals surface area contributed by atoms with E-state index in [1.807, 2.05) is 0 Å². The number of rotatable bonds is 6. The van der Waals surface area contributed by atoms with Crippen molar-refractivity contribution in [2.45, 2.75) is 0 Å². The summed E-state index contributed by atoms with van der Waals surface area (Å²) in [4.78, 5) is 40.0. The number of esters is 3. The zero-order valence-corrected chi connectivity index (χ0v) is 12.0. The topological polar surface area (TPSA) is 95.0 Å². The summed E-state index contributed by atoms with van der Waals surface area (Å²) in [6.45, 7) is -0.515. The van der Waals surface area contributed by atoms with Gasteiger partial charge in [0, 0.05) is 6.20 Å². The van der Waals surface area contributed by atoms with E-state index in [9.17, 15) is 14.4 Å². The SMILES string of the molecule is COC(=O)CN(CC(=O)OC)c1ncccc1C(=O)OC. The first-order valence-corrected chi connectivity index (χ1v) is 5.95. The molecule has 0 atom stereocenters. The normalized spacial score (nSPS) is 9.67. The molecule has 0 amide bonds. The van der Waals surface area contributed by atoms with Gasteiger partial charge in [0.25, 0.3) is 0 Å². The van der Waals surface area contributed by atoms with Gasteiger partial charge < -0.3 is 19.1 Å². The maximum absolute atomic E-state index is 11.7. The van der Waals surface area contributed by atoms with Gasteiger partial charge in [0.15, 0.2) is 0 Å². The highest BCUT2D eigenvalue weighted by atomic mass is 16.5. The first-order valence-electron chi connectivity index (χ1n) is 5.95. The summed E-state index contributed by atoms with van der Waals surface area (Å²) in [5, 5.41) is 0. The largest absolute Gasteiger partial charge is 0.468 e. The molecule has 0 unspecified atom stereocenters.